The zero-order chi connectivity index (χ0) is 22.5. The Hall–Kier alpha value is -0.260. The number of hydrogen-bond acceptors (Lipinski definition) is 4. The Balaban J connectivity index is 3.93. The summed E-state index contributed by atoms with van der Waals surface area (Å²) in [5, 5.41) is 0. The summed E-state index contributed by atoms with van der Waals surface area (Å²) < 4.78 is 30.2. The van der Waals surface area contributed by atoms with E-state index in [0.717, 1.165) is 30.8 Å². The second-order valence-corrected chi connectivity index (χ2v) is 11.1. The largest absolute Gasteiger partial charge is 0.481 e. The van der Waals surface area contributed by atoms with E-state index < -0.39 is 15.6 Å². The van der Waals surface area contributed by atoms with Crippen LogP contribution in [0.3, 0.4) is 0 Å². The van der Waals surface area contributed by atoms with Gasteiger partial charge in [-0.3, -0.25) is 4.52 Å². The first-order valence-corrected chi connectivity index (χ1v) is 13.4. The second-order valence-electron chi connectivity index (χ2n) is 8.28. The molecule has 3 atom stereocenters. The fourth-order valence-electron chi connectivity index (χ4n) is 3.02. The molecule has 0 aliphatic rings. The predicted octanol–water partition coefficient (Wildman–Crippen LogP) is 6.52. The topological polar surface area (TPSA) is 113 Å². The number of phosphoric ester groups is 1. The number of rotatable bonds is 16. The summed E-state index contributed by atoms with van der Waals surface area (Å²) in [6, 6.07) is 0. The van der Waals surface area contributed by atoms with E-state index in [1.165, 1.54) is 37.7 Å². The van der Waals surface area contributed by atoms with Gasteiger partial charge in [0.15, 0.2) is 0 Å². The Kier molecular flexibility index (Phi) is 14.6. The van der Waals surface area contributed by atoms with Crippen molar-refractivity contribution in [3.8, 4) is 0 Å². The molecule has 0 rings (SSSR count). The number of phosphoric acid groups is 2. The first-order valence-electron chi connectivity index (χ1n) is 10.3. The third-order valence-electron chi connectivity index (χ3n) is 4.75. The van der Waals surface area contributed by atoms with Crippen molar-refractivity contribution in [3.05, 3.63) is 23.3 Å². The molecule has 0 radical (unpaired) electrons. The highest BCUT2D eigenvalue weighted by atomic mass is 31.3. The van der Waals surface area contributed by atoms with Crippen molar-refractivity contribution in [3.63, 3.8) is 0 Å². The smallest absolute Gasteiger partial charge is 0.302 e. The molecule has 172 valence electrons. The minimum atomic E-state index is -5.07. The third-order valence-corrected chi connectivity index (χ3v) is 6.90. The minimum Gasteiger partial charge on any atom is -0.302 e. The van der Waals surface area contributed by atoms with Crippen LogP contribution < -0.4 is 0 Å². The molecule has 0 spiro atoms. The van der Waals surface area contributed by atoms with Gasteiger partial charge >= 0.3 is 15.6 Å². The van der Waals surface area contributed by atoms with Crippen LogP contribution in [0, 0.1) is 11.8 Å². The molecule has 0 bridgehead atoms. The maximum absolute atomic E-state index is 11.3. The standard InChI is InChI=1S/C20H40O7P2/c1-17(2)9-6-10-18(3)11-7-12-19(4)13-8-14-20(5)15-16-26-29(24,25)27-28(21,22)23/h9,15,18-19H,6-8,10-14,16H2,1-5H3,(H,24,25)(H2,21,22,23). The zero-order valence-corrected chi connectivity index (χ0v) is 20.3. The fraction of sp³-hybridized carbons (Fsp3) is 0.800. The highest BCUT2D eigenvalue weighted by Gasteiger charge is 2.31. The van der Waals surface area contributed by atoms with Crippen LogP contribution in [0.1, 0.15) is 86.0 Å². The third kappa shape index (κ3) is 19.4. The summed E-state index contributed by atoms with van der Waals surface area (Å²) >= 11 is 0. The molecular formula is C20H40O7P2. The quantitative estimate of drug-likeness (QED) is 0.180. The van der Waals surface area contributed by atoms with Gasteiger partial charge in [0.25, 0.3) is 0 Å². The van der Waals surface area contributed by atoms with Gasteiger partial charge in [0.1, 0.15) is 0 Å². The molecule has 0 aromatic rings. The summed E-state index contributed by atoms with van der Waals surface area (Å²) in [6.07, 6.45) is 13.1. The van der Waals surface area contributed by atoms with E-state index in [4.69, 9.17) is 9.79 Å². The van der Waals surface area contributed by atoms with Crippen molar-refractivity contribution in [2.24, 2.45) is 11.8 Å². The maximum Gasteiger partial charge on any atom is 0.481 e. The molecule has 0 heterocycles. The van der Waals surface area contributed by atoms with Crippen LogP contribution in [0.5, 0.6) is 0 Å². The molecule has 0 aliphatic carbocycles. The summed E-state index contributed by atoms with van der Waals surface area (Å²) in [5.74, 6) is 1.43. The SMILES string of the molecule is CC(C)=CCCC(C)CCCC(C)CCCC(C)=CCOP(=O)(O)OP(=O)(O)O. The molecule has 0 aromatic carbocycles. The van der Waals surface area contributed by atoms with E-state index >= 15 is 0 Å². The predicted molar refractivity (Wildman–Crippen MR) is 117 cm³/mol. The summed E-state index contributed by atoms with van der Waals surface area (Å²) in [5.41, 5.74) is 2.39. The van der Waals surface area contributed by atoms with E-state index in [0.29, 0.717) is 5.92 Å². The van der Waals surface area contributed by atoms with Gasteiger partial charge in [-0.05, 0) is 58.3 Å². The molecule has 3 N–H and O–H groups in total. The van der Waals surface area contributed by atoms with Gasteiger partial charge in [-0.2, -0.15) is 4.31 Å². The lowest BCUT2D eigenvalue weighted by atomic mass is 9.92. The van der Waals surface area contributed by atoms with Gasteiger partial charge in [-0.25, -0.2) is 9.13 Å². The number of allylic oxidation sites excluding steroid dienone is 3. The fourth-order valence-corrected chi connectivity index (χ4v) is 4.55. The lowest BCUT2D eigenvalue weighted by molar-refractivity contribution is 0.191. The Labute approximate surface area is 176 Å². The van der Waals surface area contributed by atoms with Gasteiger partial charge in [0.05, 0.1) is 6.61 Å². The summed E-state index contributed by atoms with van der Waals surface area (Å²) in [7, 11) is -9.82. The van der Waals surface area contributed by atoms with Gasteiger partial charge in [0.2, 0.25) is 0 Å². The van der Waals surface area contributed by atoms with Crippen molar-refractivity contribution < 1.29 is 32.6 Å². The highest BCUT2D eigenvalue weighted by Crippen LogP contribution is 2.57. The van der Waals surface area contributed by atoms with E-state index in [9.17, 15) is 14.0 Å². The van der Waals surface area contributed by atoms with E-state index in [-0.39, 0.29) is 6.61 Å². The average molecular weight is 454 g/mol. The zero-order valence-electron chi connectivity index (χ0n) is 18.5. The summed E-state index contributed by atoms with van der Waals surface area (Å²) in [4.78, 5) is 26.3. The van der Waals surface area contributed by atoms with E-state index in [1.807, 2.05) is 6.92 Å². The number of hydrogen-bond donors (Lipinski definition) is 3. The Bertz CT molecular complexity index is 606. The van der Waals surface area contributed by atoms with Crippen LogP contribution >= 0.6 is 15.6 Å². The molecular weight excluding hydrogens is 414 g/mol. The highest BCUT2D eigenvalue weighted by molar-refractivity contribution is 7.60. The Morgan fingerprint density at radius 2 is 1.45 bits per heavy atom. The summed E-state index contributed by atoms with van der Waals surface area (Å²) in [6.45, 7) is 10.5. The van der Waals surface area contributed by atoms with Crippen LogP contribution in [0.4, 0.5) is 0 Å². The van der Waals surface area contributed by atoms with Gasteiger partial charge in [-0.15, -0.1) is 0 Å². The molecule has 0 aromatic heterocycles. The molecule has 0 amide bonds. The molecule has 9 heteroatoms. The maximum atomic E-state index is 11.3. The molecule has 0 saturated carbocycles. The normalized spacial score (nSPS) is 16.9. The molecule has 0 aliphatic heterocycles. The minimum absolute atomic E-state index is 0.236. The second kappa shape index (κ2) is 14.7. The van der Waals surface area contributed by atoms with Crippen molar-refractivity contribution in [1.82, 2.24) is 0 Å². The molecule has 0 fully saturated rings. The molecule has 0 saturated heterocycles. The van der Waals surface area contributed by atoms with Crippen LogP contribution in [0.25, 0.3) is 0 Å². The monoisotopic (exact) mass is 454 g/mol. The Morgan fingerprint density at radius 3 is 2.00 bits per heavy atom. The van der Waals surface area contributed by atoms with E-state index in [2.05, 4.69) is 42.6 Å². The lowest BCUT2D eigenvalue weighted by Gasteiger charge is -2.14. The lowest BCUT2D eigenvalue weighted by Crippen LogP contribution is -1.99. The molecule has 3 unspecified atom stereocenters. The van der Waals surface area contributed by atoms with Gasteiger partial charge in [-0.1, -0.05) is 62.8 Å². The molecule has 7 nitrogen and oxygen atoms in total. The van der Waals surface area contributed by atoms with Crippen molar-refractivity contribution in [2.45, 2.75) is 86.0 Å². The Morgan fingerprint density at radius 1 is 0.897 bits per heavy atom. The molecule has 29 heavy (non-hydrogen) atoms. The van der Waals surface area contributed by atoms with Crippen LogP contribution in [0.15, 0.2) is 23.3 Å². The van der Waals surface area contributed by atoms with E-state index in [1.54, 1.807) is 6.08 Å². The van der Waals surface area contributed by atoms with Gasteiger partial charge in [0, 0.05) is 0 Å². The van der Waals surface area contributed by atoms with Crippen molar-refractivity contribution in [2.75, 3.05) is 6.61 Å². The first-order chi connectivity index (χ1) is 13.3. The van der Waals surface area contributed by atoms with Crippen LogP contribution in [-0.4, -0.2) is 21.3 Å². The average Bonchev–Trinajstić information content (AvgIpc) is 2.51. The van der Waals surface area contributed by atoms with Crippen molar-refractivity contribution in [1.29, 1.82) is 0 Å². The van der Waals surface area contributed by atoms with Gasteiger partial charge < -0.3 is 14.7 Å². The van der Waals surface area contributed by atoms with Crippen molar-refractivity contribution >= 4 is 15.6 Å². The van der Waals surface area contributed by atoms with Crippen LogP contribution in [-0.2, 0) is 18.0 Å². The first kappa shape index (κ1) is 28.7. The van der Waals surface area contributed by atoms with Crippen LogP contribution in [0.2, 0.25) is 0 Å².